The second-order valence-corrected chi connectivity index (χ2v) is 7.11. The Morgan fingerprint density at radius 2 is 1.77 bits per heavy atom. The van der Waals surface area contributed by atoms with Crippen molar-refractivity contribution < 1.29 is 18.7 Å². The molecule has 0 amide bonds. The van der Waals surface area contributed by atoms with Crippen molar-refractivity contribution in [2.75, 3.05) is 6.61 Å². The van der Waals surface area contributed by atoms with Crippen molar-refractivity contribution in [3.05, 3.63) is 83.5 Å². The number of carbonyl (C=O) groups is 2. The highest BCUT2D eigenvalue weighted by molar-refractivity contribution is 5.99. The number of hydrogen-bond donors (Lipinski definition) is 0. The zero-order valence-corrected chi connectivity index (χ0v) is 16.9. The van der Waals surface area contributed by atoms with E-state index in [1.807, 2.05) is 79.1 Å². The van der Waals surface area contributed by atoms with Gasteiger partial charge >= 0.3 is 5.97 Å². The molecular formula is C24H22N2O4. The van der Waals surface area contributed by atoms with E-state index >= 15 is 0 Å². The average Bonchev–Trinajstić information content (AvgIpc) is 3.31. The van der Waals surface area contributed by atoms with Crippen LogP contribution in [-0.2, 0) is 16.0 Å². The third-order valence-electron chi connectivity index (χ3n) is 4.99. The van der Waals surface area contributed by atoms with Crippen LogP contribution < -0.4 is 0 Å². The molecule has 6 heteroatoms. The van der Waals surface area contributed by atoms with E-state index in [0.29, 0.717) is 23.5 Å². The van der Waals surface area contributed by atoms with Crippen molar-refractivity contribution >= 4 is 22.9 Å². The number of benzene rings is 2. The maximum Gasteiger partial charge on any atom is 0.306 e. The van der Waals surface area contributed by atoms with Crippen LogP contribution in [0.25, 0.3) is 16.8 Å². The highest BCUT2D eigenvalue weighted by Gasteiger charge is 2.18. The number of aryl methyl sites for hydroxylation is 2. The van der Waals surface area contributed by atoms with E-state index in [-0.39, 0.29) is 18.8 Å². The molecule has 6 nitrogen and oxygen atoms in total. The first kappa shape index (κ1) is 19.6. The Bertz CT molecular complexity index is 1170. The van der Waals surface area contributed by atoms with E-state index in [2.05, 4.69) is 4.98 Å². The molecule has 0 fully saturated rings. The van der Waals surface area contributed by atoms with Crippen LogP contribution >= 0.6 is 0 Å². The van der Waals surface area contributed by atoms with Crippen molar-refractivity contribution in [1.29, 1.82) is 0 Å². The van der Waals surface area contributed by atoms with Crippen molar-refractivity contribution in [1.82, 2.24) is 9.55 Å². The molecule has 152 valence electrons. The number of ketones is 1. The second kappa shape index (κ2) is 8.37. The topological polar surface area (TPSA) is 74.3 Å². The maximum absolute atomic E-state index is 12.6. The molecule has 0 aliphatic heterocycles. The van der Waals surface area contributed by atoms with Crippen LogP contribution in [0.2, 0.25) is 0 Å². The summed E-state index contributed by atoms with van der Waals surface area (Å²) in [5.41, 5.74) is 4.76. The van der Waals surface area contributed by atoms with Crippen LogP contribution in [0.15, 0.2) is 65.1 Å². The number of esters is 1. The third-order valence-corrected chi connectivity index (χ3v) is 4.99. The minimum absolute atomic E-state index is 0.100. The first-order valence-corrected chi connectivity index (χ1v) is 9.80. The number of fused-ring (bicyclic) bond motifs is 1. The summed E-state index contributed by atoms with van der Waals surface area (Å²) >= 11 is 0. The smallest absolute Gasteiger partial charge is 0.306 e. The lowest BCUT2D eigenvalue weighted by Crippen LogP contribution is -2.15. The number of rotatable bonds is 7. The number of aromatic nitrogens is 2. The van der Waals surface area contributed by atoms with Crippen LogP contribution in [-0.4, -0.2) is 27.9 Å². The van der Waals surface area contributed by atoms with Gasteiger partial charge in [-0.1, -0.05) is 30.3 Å². The zero-order valence-electron chi connectivity index (χ0n) is 16.9. The predicted molar refractivity (Wildman–Crippen MR) is 113 cm³/mol. The number of carbonyl (C=O) groups excluding carboxylic acids is 2. The van der Waals surface area contributed by atoms with Crippen LogP contribution in [0.1, 0.15) is 34.1 Å². The summed E-state index contributed by atoms with van der Waals surface area (Å²) in [5, 5.41) is 0. The molecule has 0 radical (unpaired) electrons. The summed E-state index contributed by atoms with van der Waals surface area (Å²) in [4.78, 5) is 29.1. The largest absolute Gasteiger partial charge is 0.457 e. The Balaban J connectivity index is 1.36. The molecule has 4 rings (SSSR count). The number of Topliss-reactive ketones (excluding diaryl/α,β-unsaturated/α-hetero) is 1. The third kappa shape index (κ3) is 4.03. The van der Waals surface area contributed by atoms with Crippen molar-refractivity contribution in [3.8, 4) is 5.69 Å². The van der Waals surface area contributed by atoms with Crippen molar-refractivity contribution in [3.63, 3.8) is 0 Å². The molecule has 2 heterocycles. The standard InChI is InChI=1S/C24H22N2O4/c1-16-14-19(17(2)26(16)18-8-4-3-5-9-18)21(27)15-29-24(28)13-12-23-25-20-10-6-7-11-22(20)30-23/h3-11,14H,12-13,15H2,1-2H3. The Morgan fingerprint density at radius 3 is 2.53 bits per heavy atom. The molecule has 0 atom stereocenters. The highest BCUT2D eigenvalue weighted by Crippen LogP contribution is 2.21. The molecule has 4 aromatic rings. The predicted octanol–water partition coefficient (Wildman–Crippen LogP) is 4.59. The van der Waals surface area contributed by atoms with Gasteiger partial charge in [-0.2, -0.15) is 0 Å². The van der Waals surface area contributed by atoms with Gasteiger partial charge in [0, 0.05) is 29.1 Å². The fourth-order valence-corrected chi connectivity index (χ4v) is 3.55. The molecule has 0 aliphatic rings. The monoisotopic (exact) mass is 402 g/mol. The second-order valence-electron chi connectivity index (χ2n) is 7.11. The van der Waals surface area contributed by atoms with E-state index in [1.54, 1.807) is 0 Å². The minimum Gasteiger partial charge on any atom is -0.457 e. The molecule has 2 aromatic carbocycles. The van der Waals surface area contributed by atoms with Gasteiger partial charge in [0.05, 0.1) is 6.42 Å². The van der Waals surface area contributed by atoms with Crippen molar-refractivity contribution in [2.24, 2.45) is 0 Å². The van der Waals surface area contributed by atoms with Gasteiger partial charge < -0.3 is 13.7 Å². The van der Waals surface area contributed by atoms with Crippen LogP contribution in [0, 0.1) is 13.8 Å². The zero-order chi connectivity index (χ0) is 21.1. The fourth-order valence-electron chi connectivity index (χ4n) is 3.55. The quantitative estimate of drug-likeness (QED) is 0.334. The van der Waals surface area contributed by atoms with Gasteiger partial charge in [0.15, 0.2) is 18.1 Å². The van der Waals surface area contributed by atoms with Gasteiger partial charge in [-0.25, -0.2) is 4.98 Å². The molecule has 0 N–H and O–H groups in total. The van der Waals surface area contributed by atoms with Gasteiger partial charge in [0.1, 0.15) is 5.52 Å². The summed E-state index contributed by atoms with van der Waals surface area (Å²) in [7, 11) is 0. The first-order valence-electron chi connectivity index (χ1n) is 9.80. The highest BCUT2D eigenvalue weighted by atomic mass is 16.5. The van der Waals surface area contributed by atoms with Gasteiger partial charge in [-0.15, -0.1) is 0 Å². The number of para-hydroxylation sites is 3. The summed E-state index contributed by atoms with van der Waals surface area (Å²) < 4.78 is 12.8. The Morgan fingerprint density at radius 1 is 1.03 bits per heavy atom. The van der Waals surface area contributed by atoms with E-state index in [4.69, 9.17) is 9.15 Å². The van der Waals surface area contributed by atoms with Gasteiger partial charge in [0.25, 0.3) is 0 Å². The van der Waals surface area contributed by atoms with Crippen LogP contribution in [0.5, 0.6) is 0 Å². The number of nitrogens with zero attached hydrogens (tertiary/aromatic N) is 2. The normalized spacial score (nSPS) is 11.0. The molecule has 0 bridgehead atoms. The summed E-state index contributed by atoms with van der Waals surface area (Å²) in [6.45, 7) is 3.55. The number of ether oxygens (including phenoxy) is 1. The molecule has 0 unspecified atom stereocenters. The van der Waals surface area contributed by atoms with Crippen molar-refractivity contribution in [2.45, 2.75) is 26.7 Å². The van der Waals surface area contributed by atoms with Gasteiger partial charge in [-0.05, 0) is 44.2 Å². The summed E-state index contributed by atoms with van der Waals surface area (Å²) in [5.74, 6) is -0.200. The lowest BCUT2D eigenvalue weighted by molar-refractivity contribution is -0.142. The Labute approximate surface area is 174 Å². The lowest BCUT2D eigenvalue weighted by atomic mass is 10.1. The van der Waals surface area contributed by atoms with E-state index in [1.165, 1.54) is 0 Å². The van der Waals surface area contributed by atoms with E-state index in [9.17, 15) is 9.59 Å². The molecular weight excluding hydrogens is 380 g/mol. The minimum atomic E-state index is -0.456. The van der Waals surface area contributed by atoms with Crippen LogP contribution in [0.3, 0.4) is 0 Å². The molecule has 0 spiro atoms. The lowest BCUT2D eigenvalue weighted by Gasteiger charge is -2.09. The van der Waals surface area contributed by atoms with Crippen LogP contribution in [0.4, 0.5) is 0 Å². The number of hydrogen-bond acceptors (Lipinski definition) is 5. The Hall–Kier alpha value is -3.67. The van der Waals surface area contributed by atoms with E-state index in [0.717, 1.165) is 22.6 Å². The van der Waals surface area contributed by atoms with E-state index < -0.39 is 5.97 Å². The fraction of sp³-hybridized carbons (Fsp3) is 0.208. The molecule has 0 aliphatic carbocycles. The first-order chi connectivity index (χ1) is 14.5. The molecule has 30 heavy (non-hydrogen) atoms. The molecule has 0 saturated heterocycles. The van der Waals surface area contributed by atoms with Gasteiger partial charge in [-0.3, -0.25) is 9.59 Å². The number of oxazole rings is 1. The summed E-state index contributed by atoms with van der Waals surface area (Å²) in [6.07, 6.45) is 0.424. The average molecular weight is 402 g/mol. The maximum atomic E-state index is 12.6. The molecule has 0 saturated carbocycles. The summed E-state index contributed by atoms with van der Waals surface area (Å²) in [6, 6.07) is 19.1. The molecule has 2 aromatic heterocycles. The van der Waals surface area contributed by atoms with Gasteiger partial charge in [0.2, 0.25) is 5.78 Å². The SMILES string of the molecule is Cc1cc(C(=O)COC(=O)CCc2nc3ccccc3o2)c(C)n1-c1ccccc1. The Kier molecular flexibility index (Phi) is 5.48.